The summed E-state index contributed by atoms with van der Waals surface area (Å²) < 4.78 is 31.0. The molecule has 4 heteroatoms. The Bertz CT molecular complexity index is 1010. The van der Waals surface area contributed by atoms with Crippen molar-refractivity contribution in [2.45, 2.75) is 25.2 Å². The van der Waals surface area contributed by atoms with Crippen molar-refractivity contribution >= 4 is 9.84 Å². The van der Waals surface area contributed by atoms with Gasteiger partial charge in [-0.15, -0.1) is 0 Å². The average Bonchev–Trinajstić information content (AvgIpc) is 2.87. The molecule has 3 rings (SSSR count). The van der Waals surface area contributed by atoms with Crippen LogP contribution in [0.2, 0.25) is 0 Å². The fraction of sp³-hybridized carbons (Fsp3) is 0.182. The number of sulfone groups is 1. The zero-order valence-electron chi connectivity index (χ0n) is 15.2. The number of aryl methyl sites for hydroxylation is 1. The van der Waals surface area contributed by atoms with Gasteiger partial charge in [0, 0.05) is 0 Å². The molecule has 0 heterocycles. The summed E-state index contributed by atoms with van der Waals surface area (Å²) in [7, 11) is -1.87. The van der Waals surface area contributed by atoms with Crippen LogP contribution in [0.1, 0.15) is 18.9 Å². The summed E-state index contributed by atoms with van der Waals surface area (Å²) in [6, 6.07) is 12.9. The van der Waals surface area contributed by atoms with Crippen LogP contribution in [0.25, 0.3) is 11.1 Å². The van der Waals surface area contributed by atoms with Crippen LogP contribution in [0.15, 0.2) is 82.1 Å². The maximum atomic E-state index is 12.9. The number of methoxy groups -OCH3 is 1. The molecule has 0 aliphatic heterocycles. The SMILES string of the molecule is COc1ccc(-c2ccc(S(=O)(=O)C3=CC=C(C)CC=C3)cc2)cc1C. The first kappa shape index (κ1) is 18.2. The van der Waals surface area contributed by atoms with Crippen LogP contribution >= 0.6 is 0 Å². The molecule has 0 saturated heterocycles. The molecular weight excluding hydrogens is 344 g/mol. The number of hydrogen-bond donors (Lipinski definition) is 0. The molecule has 0 unspecified atom stereocenters. The topological polar surface area (TPSA) is 43.4 Å². The second kappa shape index (κ2) is 7.34. The second-order valence-corrected chi connectivity index (χ2v) is 8.35. The second-order valence-electron chi connectivity index (χ2n) is 6.40. The molecule has 1 aliphatic rings. The third-order valence-corrected chi connectivity index (χ3v) is 6.24. The van der Waals surface area contributed by atoms with Crippen LogP contribution < -0.4 is 4.74 Å². The highest BCUT2D eigenvalue weighted by molar-refractivity contribution is 7.95. The van der Waals surface area contributed by atoms with Gasteiger partial charge in [-0.05, 0) is 73.4 Å². The lowest BCUT2D eigenvalue weighted by Crippen LogP contribution is -2.03. The van der Waals surface area contributed by atoms with Gasteiger partial charge < -0.3 is 4.74 Å². The molecule has 0 saturated carbocycles. The van der Waals surface area contributed by atoms with Gasteiger partial charge in [0.25, 0.3) is 0 Å². The minimum Gasteiger partial charge on any atom is -0.496 e. The quantitative estimate of drug-likeness (QED) is 0.744. The molecule has 0 spiro atoms. The van der Waals surface area contributed by atoms with E-state index in [9.17, 15) is 8.42 Å². The number of benzene rings is 2. The summed E-state index contributed by atoms with van der Waals surface area (Å²) in [6.45, 7) is 3.98. The Morgan fingerprint density at radius 3 is 2.27 bits per heavy atom. The van der Waals surface area contributed by atoms with E-state index < -0.39 is 9.84 Å². The lowest BCUT2D eigenvalue weighted by Gasteiger charge is -2.09. The van der Waals surface area contributed by atoms with Gasteiger partial charge in [0.2, 0.25) is 9.84 Å². The van der Waals surface area contributed by atoms with Crippen LogP contribution in [0.5, 0.6) is 5.75 Å². The zero-order valence-corrected chi connectivity index (χ0v) is 16.0. The summed E-state index contributed by atoms with van der Waals surface area (Å²) in [6.07, 6.45) is 7.88. The Hall–Kier alpha value is -2.59. The van der Waals surface area contributed by atoms with E-state index in [-0.39, 0.29) is 0 Å². The normalized spacial score (nSPS) is 14.4. The fourth-order valence-electron chi connectivity index (χ4n) is 2.91. The zero-order chi connectivity index (χ0) is 18.7. The molecule has 3 nitrogen and oxygen atoms in total. The summed E-state index contributed by atoms with van der Waals surface area (Å²) in [5.74, 6) is 0.836. The Morgan fingerprint density at radius 1 is 0.923 bits per heavy atom. The Kier molecular flexibility index (Phi) is 5.14. The molecule has 134 valence electrons. The van der Waals surface area contributed by atoms with Crippen LogP contribution in [-0.4, -0.2) is 15.5 Å². The van der Waals surface area contributed by atoms with E-state index in [4.69, 9.17) is 4.74 Å². The van der Waals surface area contributed by atoms with Crippen molar-refractivity contribution in [3.05, 3.63) is 82.8 Å². The highest BCUT2D eigenvalue weighted by atomic mass is 32.2. The van der Waals surface area contributed by atoms with Crippen molar-refractivity contribution in [3.8, 4) is 16.9 Å². The summed E-state index contributed by atoms with van der Waals surface area (Å²) >= 11 is 0. The Labute approximate surface area is 155 Å². The molecule has 2 aromatic carbocycles. The first-order valence-corrected chi connectivity index (χ1v) is 9.94. The summed E-state index contributed by atoms with van der Waals surface area (Å²) in [5.41, 5.74) is 4.17. The number of rotatable bonds is 4. The predicted octanol–water partition coefficient (Wildman–Crippen LogP) is 5.23. The number of hydrogen-bond acceptors (Lipinski definition) is 3. The maximum Gasteiger partial charge on any atom is 0.206 e. The lowest BCUT2D eigenvalue weighted by molar-refractivity contribution is 0.412. The van der Waals surface area contributed by atoms with E-state index in [1.807, 2.05) is 56.3 Å². The number of ether oxygens (including phenoxy) is 1. The maximum absolute atomic E-state index is 12.9. The van der Waals surface area contributed by atoms with Crippen LogP contribution in [0, 0.1) is 6.92 Å². The predicted molar refractivity (Wildman–Crippen MR) is 106 cm³/mol. The average molecular weight is 366 g/mol. The van der Waals surface area contributed by atoms with Gasteiger partial charge >= 0.3 is 0 Å². The third kappa shape index (κ3) is 3.65. The Balaban J connectivity index is 1.93. The van der Waals surface area contributed by atoms with Gasteiger partial charge in [-0.1, -0.05) is 35.9 Å². The van der Waals surface area contributed by atoms with E-state index in [0.29, 0.717) is 9.80 Å². The van der Waals surface area contributed by atoms with Gasteiger partial charge in [-0.25, -0.2) is 8.42 Å². The molecular formula is C22H22O3S. The van der Waals surface area contributed by atoms with E-state index in [2.05, 4.69) is 0 Å². The first-order valence-electron chi connectivity index (χ1n) is 8.46. The highest BCUT2D eigenvalue weighted by Gasteiger charge is 2.19. The van der Waals surface area contributed by atoms with Crippen molar-refractivity contribution in [1.82, 2.24) is 0 Å². The minimum atomic E-state index is -3.52. The molecule has 1 aliphatic carbocycles. The van der Waals surface area contributed by atoms with Crippen molar-refractivity contribution in [3.63, 3.8) is 0 Å². The van der Waals surface area contributed by atoms with E-state index >= 15 is 0 Å². The lowest BCUT2D eigenvalue weighted by atomic mass is 10.0. The van der Waals surface area contributed by atoms with Gasteiger partial charge in [0.05, 0.1) is 16.9 Å². The van der Waals surface area contributed by atoms with Crippen LogP contribution in [-0.2, 0) is 9.84 Å². The monoisotopic (exact) mass is 366 g/mol. The van der Waals surface area contributed by atoms with Crippen LogP contribution in [0.3, 0.4) is 0 Å². The van der Waals surface area contributed by atoms with Gasteiger partial charge in [-0.2, -0.15) is 0 Å². The Morgan fingerprint density at radius 2 is 1.62 bits per heavy atom. The van der Waals surface area contributed by atoms with Crippen molar-refractivity contribution in [1.29, 1.82) is 0 Å². The fourth-order valence-corrected chi connectivity index (χ4v) is 4.20. The third-order valence-electron chi connectivity index (χ3n) is 4.46. The smallest absolute Gasteiger partial charge is 0.206 e. The van der Waals surface area contributed by atoms with Gasteiger partial charge in [0.1, 0.15) is 5.75 Å². The molecule has 0 fully saturated rings. The van der Waals surface area contributed by atoms with Crippen molar-refractivity contribution in [2.75, 3.05) is 7.11 Å². The molecule has 0 radical (unpaired) electrons. The van der Waals surface area contributed by atoms with Crippen LogP contribution in [0.4, 0.5) is 0 Å². The standard InChI is InChI=1S/C22H22O3S/c1-16-5-4-6-20(11-7-16)26(23,24)21-12-8-18(9-13-21)19-10-14-22(25-3)17(2)15-19/h4,6-15H,5H2,1-3H3. The molecule has 0 bridgehead atoms. The largest absolute Gasteiger partial charge is 0.496 e. The van der Waals surface area contributed by atoms with Crippen molar-refractivity contribution in [2.24, 2.45) is 0 Å². The summed E-state index contributed by atoms with van der Waals surface area (Å²) in [5, 5.41) is 0. The minimum absolute atomic E-state index is 0.301. The van der Waals surface area contributed by atoms with Gasteiger partial charge in [-0.3, -0.25) is 0 Å². The molecule has 26 heavy (non-hydrogen) atoms. The van der Waals surface area contributed by atoms with E-state index in [1.165, 1.54) is 0 Å². The van der Waals surface area contributed by atoms with Gasteiger partial charge in [0.15, 0.2) is 0 Å². The number of allylic oxidation sites excluding steroid dienone is 5. The van der Waals surface area contributed by atoms with E-state index in [1.54, 1.807) is 31.4 Å². The molecule has 0 amide bonds. The molecule has 0 aromatic heterocycles. The molecule has 0 N–H and O–H groups in total. The van der Waals surface area contributed by atoms with E-state index in [0.717, 1.165) is 34.4 Å². The first-order chi connectivity index (χ1) is 12.4. The molecule has 2 aromatic rings. The highest BCUT2D eigenvalue weighted by Crippen LogP contribution is 2.29. The van der Waals surface area contributed by atoms with Crippen molar-refractivity contribution < 1.29 is 13.2 Å². The summed E-state index contributed by atoms with van der Waals surface area (Å²) in [4.78, 5) is 0.623. The molecule has 0 atom stereocenters.